The molecule has 142 valence electrons. The minimum Gasteiger partial charge on any atom is -0.493 e. The Morgan fingerprint density at radius 2 is 2.30 bits per heavy atom. The number of hydrogen-bond donors (Lipinski definition) is 1. The summed E-state index contributed by atoms with van der Waals surface area (Å²) in [6.45, 7) is 5.60. The van der Waals surface area contributed by atoms with E-state index in [1.807, 2.05) is 26.0 Å². The van der Waals surface area contributed by atoms with Crippen molar-refractivity contribution in [2.24, 2.45) is 0 Å². The molecule has 0 spiro atoms. The van der Waals surface area contributed by atoms with Crippen molar-refractivity contribution in [3.8, 4) is 16.3 Å². The SMILES string of the molecule is CCCC1(C)C(=O)NCCN1C(=O)c1cnc(-c2ccc3c(c2)CCO3)s1. The molecular formula is C20H23N3O3S. The molecule has 1 aromatic carbocycles. The lowest BCUT2D eigenvalue weighted by atomic mass is 9.90. The van der Waals surface area contributed by atoms with Crippen molar-refractivity contribution in [2.45, 2.75) is 38.6 Å². The van der Waals surface area contributed by atoms with Gasteiger partial charge in [0.05, 0.1) is 12.8 Å². The summed E-state index contributed by atoms with van der Waals surface area (Å²) in [6, 6.07) is 6.03. The molecule has 1 atom stereocenters. The number of amides is 2. The topological polar surface area (TPSA) is 71.5 Å². The summed E-state index contributed by atoms with van der Waals surface area (Å²) < 4.78 is 5.55. The number of rotatable bonds is 4. The highest BCUT2D eigenvalue weighted by molar-refractivity contribution is 7.16. The lowest BCUT2D eigenvalue weighted by Crippen LogP contribution is -2.64. The van der Waals surface area contributed by atoms with Gasteiger partial charge in [0.1, 0.15) is 21.2 Å². The van der Waals surface area contributed by atoms with E-state index in [0.29, 0.717) is 31.0 Å². The van der Waals surface area contributed by atoms with Gasteiger partial charge in [0.25, 0.3) is 5.91 Å². The third kappa shape index (κ3) is 3.10. The number of thiazole rings is 1. The summed E-state index contributed by atoms with van der Waals surface area (Å²) in [5.74, 6) is 0.739. The summed E-state index contributed by atoms with van der Waals surface area (Å²) in [7, 11) is 0. The predicted octanol–water partition coefficient (Wildman–Crippen LogP) is 2.88. The van der Waals surface area contributed by atoms with Gasteiger partial charge in [-0.05, 0) is 37.1 Å². The molecule has 0 saturated carbocycles. The first-order valence-corrected chi connectivity index (χ1v) is 10.2. The highest BCUT2D eigenvalue weighted by atomic mass is 32.1. The van der Waals surface area contributed by atoms with Gasteiger partial charge in [-0.2, -0.15) is 0 Å². The van der Waals surface area contributed by atoms with Crippen LogP contribution in [0.15, 0.2) is 24.4 Å². The van der Waals surface area contributed by atoms with Crippen LogP contribution < -0.4 is 10.1 Å². The van der Waals surface area contributed by atoms with E-state index in [1.54, 1.807) is 11.1 Å². The smallest absolute Gasteiger partial charge is 0.266 e. The molecule has 27 heavy (non-hydrogen) atoms. The molecule has 1 aromatic heterocycles. The number of aromatic nitrogens is 1. The van der Waals surface area contributed by atoms with Gasteiger partial charge in [-0.1, -0.05) is 13.3 Å². The van der Waals surface area contributed by atoms with E-state index in [0.717, 1.165) is 29.2 Å². The Balaban J connectivity index is 1.60. The van der Waals surface area contributed by atoms with Crippen molar-refractivity contribution in [3.05, 3.63) is 34.8 Å². The fourth-order valence-electron chi connectivity index (χ4n) is 3.86. The van der Waals surface area contributed by atoms with Crippen molar-refractivity contribution in [2.75, 3.05) is 19.7 Å². The van der Waals surface area contributed by atoms with Crippen molar-refractivity contribution in [3.63, 3.8) is 0 Å². The van der Waals surface area contributed by atoms with Crippen LogP contribution in [0, 0.1) is 0 Å². The van der Waals surface area contributed by atoms with Crippen LogP contribution in [0.5, 0.6) is 5.75 Å². The third-order valence-electron chi connectivity index (χ3n) is 5.34. The molecule has 1 fully saturated rings. The summed E-state index contributed by atoms with van der Waals surface area (Å²) >= 11 is 1.38. The maximum absolute atomic E-state index is 13.2. The molecule has 3 heterocycles. The standard InChI is InChI=1S/C20H23N3O3S/c1-3-7-20(2)19(25)21-8-9-23(20)18(24)16-12-22-17(27-16)14-4-5-15-13(11-14)6-10-26-15/h4-5,11-12H,3,6-10H2,1-2H3,(H,21,25). The van der Waals surface area contributed by atoms with E-state index in [-0.39, 0.29) is 11.8 Å². The predicted molar refractivity (Wildman–Crippen MR) is 104 cm³/mol. The molecule has 0 bridgehead atoms. The Hall–Kier alpha value is -2.41. The third-order valence-corrected chi connectivity index (χ3v) is 6.38. The number of carbonyl (C=O) groups is 2. The molecule has 1 unspecified atom stereocenters. The van der Waals surface area contributed by atoms with Gasteiger partial charge in [-0.15, -0.1) is 11.3 Å². The fourth-order valence-corrected chi connectivity index (χ4v) is 4.72. The summed E-state index contributed by atoms with van der Waals surface area (Å²) in [4.78, 5) is 32.4. The number of nitrogens with one attached hydrogen (secondary N) is 1. The van der Waals surface area contributed by atoms with Gasteiger partial charge in [-0.3, -0.25) is 9.59 Å². The van der Waals surface area contributed by atoms with Crippen molar-refractivity contribution in [1.82, 2.24) is 15.2 Å². The Bertz CT molecular complexity index is 894. The first-order valence-electron chi connectivity index (χ1n) is 9.35. The summed E-state index contributed by atoms with van der Waals surface area (Å²) in [5, 5.41) is 3.70. The number of nitrogens with zero attached hydrogens (tertiary/aromatic N) is 2. The van der Waals surface area contributed by atoms with Gasteiger partial charge in [0.15, 0.2) is 0 Å². The number of ether oxygens (including phenoxy) is 1. The Morgan fingerprint density at radius 3 is 3.11 bits per heavy atom. The van der Waals surface area contributed by atoms with Crippen LogP contribution in [0.3, 0.4) is 0 Å². The average molecular weight is 385 g/mol. The molecule has 2 aliphatic heterocycles. The highest BCUT2D eigenvalue weighted by Gasteiger charge is 2.44. The first-order chi connectivity index (χ1) is 13.0. The molecule has 2 aliphatic rings. The molecular weight excluding hydrogens is 362 g/mol. The lowest BCUT2D eigenvalue weighted by Gasteiger charge is -2.43. The van der Waals surface area contributed by atoms with Crippen LogP contribution in [0.2, 0.25) is 0 Å². The minimum absolute atomic E-state index is 0.0766. The zero-order valence-electron chi connectivity index (χ0n) is 15.6. The second-order valence-corrected chi connectivity index (χ2v) is 8.22. The molecule has 4 rings (SSSR count). The van der Waals surface area contributed by atoms with Gasteiger partial charge < -0.3 is 15.0 Å². The number of hydrogen-bond acceptors (Lipinski definition) is 5. The quantitative estimate of drug-likeness (QED) is 0.878. The van der Waals surface area contributed by atoms with Crippen molar-refractivity contribution in [1.29, 1.82) is 0 Å². The first kappa shape index (κ1) is 18.0. The van der Waals surface area contributed by atoms with E-state index in [9.17, 15) is 9.59 Å². The molecule has 2 amide bonds. The zero-order chi connectivity index (χ0) is 19.0. The van der Waals surface area contributed by atoms with E-state index in [4.69, 9.17) is 4.74 Å². The number of carbonyl (C=O) groups excluding carboxylic acids is 2. The molecule has 1 N–H and O–H groups in total. The number of benzene rings is 1. The van der Waals surface area contributed by atoms with E-state index in [2.05, 4.69) is 16.4 Å². The second-order valence-electron chi connectivity index (χ2n) is 7.19. The highest BCUT2D eigenvalue weighted by Crippen LogP contribution is 2.34. The van der Waals surface area contributed by atoms with Crippen molar-refractivity contribution < 1.29 is 14.3 Å². The van der Waals surface area contributed by atoms with Crippen LogP contribution in [0.1, 0.15) is 41.9 Å². The Morgan fingerprint density at radius 1 is 1.44 bits per heavy atom. The number of fused-ring (bicyclic) bond motifs is 1. The van der Waals surface area contributed by atoms with Crippen LogP contribution in [-0.4, -0.2) is 46.9 Å². The molecule has 7 heteroatoms. The largest absolute Gasteiger partial charge is 0.493 e. The van der Waals surface area contributed by atoms with Crippen LogP contribution in [0.25, 0.3) is 10.6 Å². The lowest BCUT2D eigenvalue weighted by molar-refractivity contribution is -0.134. The Kier molecular flexibility index (Phi) is 4.63. The number of piperazine rings is 1. The van der Waals surface area contributed by atoms with Gasteiger partial charge in [-0.25, -0.2) is 4.98 Å². The van der Waals surface area contributed by atoms with E-state index in [1.165, 1.54) is 16.9 Å². The summed E-state index contributed by atoms with van der Waals surface area (Å²) in [5.41, 5.74) is 1.37. The van der Waals surface area contributed by atoms with Gasteiger partial charge >= 0.3 is 0 Å². The van der Waals surface area contributed by atoms with Crippen LogP contribution in [0.4, 0.5) is 0 Å². The normalized spacial score (nSPS) is 21.6. The van der Waals surface area contributed by atoms with Gasteiger partial charge in [0, 0.05) is 25.1 Å². The Labute approximate surface area is 162 Å². The van der Waals surface area contributed by atoms with Crippen LogP contribution in [-0.2, 0) is 11.2 Å². The van der Waals surface area contributed by atoms with Crippen molar-refractivity contribution >= 4 is 23.2 Å². The van der Waals surface area contributed by atoms with E-state index < -0.39 is 5.54 Å². The molecule has 2 aromatic rings. The van der Waals surface area contributed by atoms with Gasteiger partial charge in [0.2, 0.25) is 5.91 Å². The maximum atomic E-state index is 13.2. The monoisotopic (exact) mass is 385 g/mol. The average Bonchev–Trinajstić information content (AvgIpc) is 3.32. The van der Waals surface area contributed by atoms with Crippen LogP contribution >= 0.6 is 11.3 Å². The molecule has 0 aliphatic carbocycles. The fraction of sp³-hybridized carbons (Fsp3) is 0.450. The van der Waals surface area contributed by atoms with E-state index >= 15 is 0 Å². The summed E-state index contributed by atoms with van der Waals surface area (Å²) in [6.07, 6.45) is 4.00. The zero-order valence-corrected chi connectivity index (χ0v) is 16.4. The minimum atomic E-state index is -0.806. The molecule has 1 saturated heterocycles. The maximum Gasteiger partial charge on any atom is 0.266 e. The molecule has 0 radical (unpaired) electrons. The molecule has 6 nitrogen and oxygen atoms in total. The second kappa shape index (κ2) is 6.96.